The Hall–Kier alpha value is -1.58. The molecule has 0 radical (unpaired) electrons. The highest BCUT2D eigenvalue weighted by Gasteiger charge is 2.00. The fourth-order valence-corrected chi connectivity index (χ4v) is 1.40. The predicted molar refractivity (Wildman–Crippen MR) is 68.8 cm³/mol. The van der Waals surface area contributed by atoms with Crippen LogP contribution in [0.2, 0.25) is 0 Å². The van der Waals surface area contributed by atoms with Gasteiger partial charge in [0.15, 0.2) is 0 Å². The molecule has 0 bridgehead atoms. The van der Waals surface area contributed by atoms with Crippen LogP contribution in [0.5, 0.6) is 0 Å². The van der Waals surface area contributed by atoms with Gasteiger partial charge in [-0.05, 0) is 30.4 Å². The third-order valence-corrected chi connectivity index (χ3v) is 2.32. The lowest BCUT2D eigenvalue weighted by Crippen LogP contribution is -2.37. The normalized spacial score (nSPS) is 10.3. The van der Waals surface area contributed by atoms with E-state index >= 15 is 0 Å². The highest BCUT2D eigenvalue weighted by Crippen LogP contribution is 1.99. The number of aryl methyl sites for hydroxylation is 1. The van der Waals surface area contributed by atoms with E-state index in [9.17, 15) is 4.79 Å². The van der Waals surface area contributed by atoms with E-state index in [4.69, 9.17) is 0 Å². The minimum Gasteiger partial charge on any atom is -0.338 e. The maximum atomic E-state index is 11.3. The Balaban J connectivity index is 2.06. The van der Waals surface area contributed by atoms with E-state index in [1.54, 1.807) is 6.20 Å². The average Bonchev–Trinajstić information content (AvgIpc) is 2.33. The number of carbonyl (C=O) groups is 1. The number of pyridine rings is 1. The maximum Gasteiger partial charge on any atom is 0.314 e. The Bertz CT molecular complexity index is 325. The van der Waals surface area contributed by atoms with Crippen LogP contribution in [0.3, 0.4) is 0 Å². The fraction of sp³-hybridized carbons (Fsp3) is 0.538. The molecular weight excluding hydrogens is 214 g/mol. The summed E-state index contributed by atoms with van der Waals surface area (Å²) in [5.41, 5.74) is 1.21. The molecule has 0 fully saturated rings. The first-order chi connectivity index (χ1) is 8.18. The van der Waals surface area contributed by atoms with Gasteiger partial charge in [-0.1, -0.05) is 19.9 Å². The number of amides is 2. The minimum absolute atomic E-state index is 0.0788. The molecule has 2 amide bonds. The third-order valence-electron chi connectivity index (χ3n) is 2.32. The number of urea groups is 1. The summed E-state index contributed by atoms with van der Waals surface area (Å²) in [4.78, 5) is 15.4. The summed E-state index contributed by atoms with van der Waals surface area (Å²) in [7, 11) is 0. The topological polar surface area (TPSA) is 54.0 Å². The summed E-state index contributed by atoms with van der Waals surface area (Å²) in [6, 6.07) is 3.90. The second-order valence-electron chi connectivity index (χ2n) is 4.50. The van der Waals surface area contributed by atoms with Gasteiger partial charge in [0, 0.05) is 25.5 Å². The molecule has 0 aliphatic rings. The van der Waals surface area contributed by atoms with E-state index in [1.165, 1.54) is 5.56 Å². The van der Waals surface area contributed by atoms with E-state index in [1.807, 2.05) is 18.3 Å². The highest BCUT2D eigenvalue weighted by atomic mass is 16.2. The lowest BCUT2D eigenvalue weighted by molar-refractivity contribution is 0.239. The Morgan fingerprint density at radius 1 is 1.41 bits per heavy atom. The van der Waals surface area contributed by atoms with Crippen molar-refractivity contribution in [2.45, 2.75) is 26.7 Å². The smallest absolute Gasteiger partial charge is 0.314 e. The summed E-state index contributed by atoms with van der Waals surface area (Å²) in [6.07, 6.45) is 5.50. The first kappa shape index (κ1) is 13.5. The van der Waals surface area contributed by atoms with E-state index in [0.717, 1.165) is 12.8 Å². The molecule has 0 saturated heterocycles. The SMILES string of the molecule is CC(C)CNC(=O)NCCCc1cccnc1. The van der Waals surface area contributed by atoms with E-state index < -0.39 is 0 Å². The Morgan fingerprint density at radius 2 is 2.24 bits per heavy atom. The van der Waals surface area contributed by atoms with Crippen LogP contribution in [0.1, 0.15) is 25.8 Å². The summed E-state index contributed by atoms with van der Waals surface area (Å²) in [6.45, 7) is 5.55. The van der Waals surface area contributed by atoms with Crippen molar-refractivity contribution in [2.75, 3.05) is 13.1 Å². The van der Waals surface area contributed by atoms with Crippen molar-refractivity contribution in [3.05, 3.63) is 30.1 Å². The van der Waals surface area contributed by atoms with Gasteiger partial charge in [0.05, 0.1) is 0 Å². The molecular formula is C13H21N3O. The van der Waals surface area contributed by atoms with Gasteiger partial charge in [0.25, 0.3) is 0 Å². The number of carbonyl (C=O) groups excluding carboxylic acids is 1. The van der Waals surface area contributed by atoms with Crippen LogP contribution in [0.25, 0.3) is 0 Å². The summed E-state index contributed by atoms with van der Waals surface area (Å²) < 4.78 is 0. The number of hydrogen-bond acceptors (Lipinski definition) is 2. The van der Waals surface area contributed by atoms with Crippen molar-refractivity contribution in [2.24, 2.45) is 5.92 Å². The number of nitrogens with one attached hydrogen (secondary N) is 2. The summed E-state index contributed by atoms with van der Waals surface area (Å²) >= 11 is 0. The van der Waals surface area contributed by atoms with E-state index in [-0.39, 0.29) is 6.03 Å². The van der Waals surface area contributed by atoms with Crippen LogP contribution in [0, 0.1) is 5.92 Å². The van der Waals surface area contributed by atoms with Gasteiger partial charge in [-0.15, -0.1) is 0 Å². The molecule has 0 unspecified atom stereocenters. The first-order valence-electron chi connectivity index (χ1n) is 6.09. The highest BCUT2D eigenvalue weighted by molar-refractivity contribution is 5.73. The van der Waals surface area contributed by atoms with Crippen molar-refractivity contribution >= 4 is 6.03 Å². The van der Waals surface area contributed by atoms with Gasteiger partial charge in [-0.25, -0.2) is 4.79 Å². The van der Waals surface area contributed by atoms with Gasteiger partial charge in [0.2, 0.25) is 0 Å². The Kier molecular flexibility index (Phi) is 6.07. The molecule has 17 heavy (non-hydrogen) atoms. The zero-order valence-corrected chi connectivity index (χ0v) is 10.6. The van der Waals surface area contributed by atoms with Crippen LogP contribution >= 0.6 is 0 Å². The molecule has 1 heterocycles. The summed E-state index contributed by atoms with van der Waals surface area (Å²) in [5.74, 6) is 0.483. The second-order valence-corrected chi connectivity index (χ2v) is 4.50. The lowest BCUT2D eigenvalue weighted by atomic mass is 10.1. The Morgan fingerprint density at radius 3 is 2.88 bits per heavy atom. The molecule has 4 nitrogen and oxygen atoms in total. The first-order valence-corrected chi connectivity index (χ1v) is 6.09. The molecule has 1 rings (SSSR count). The molecule has 0 aromatic carbocycles. The predicted octanol–water partition coefficient (Wildman–Crippen LogP) is 1.97. The molecule has 0 aliphatic heterocycles. The van der Waals surface area contributed by atoms with Crippen molar-refractivity contribution in [3.63, 3.8) is 0 Å². The van der Waals surface area contributed by atoms with Gasteiger partial charge >= 0.3 is 6.03 Å². The standard InChI is InChI=1S/C13H21N3O/c1-11(2)9-16-13(17)15-8-4-6-12-5-3-7-14-10-12/h3,5,7,10-11H,4,6,8-9H2,1-2H3,(H2,15,16,17). The van der Waals surface area contributed by atoms with Crippen molar-refractivity contribution in [3.8, 4) is 0 Å². The van der Waals surface area contributed by atoms with E-state index in [0.29, 0.717) is 19.0 Å². The van der Waals surface area contributed by atoms with Crippen molar-refractivity contribution in [1.29, 1.82) is 0 Å². The molecule has 0 atom stereocenters. The van der Waals surface area contributed by atoms with Crippen LogP contribution in [0.15, 0.2) is 24.5 Å². The zero-order valence-electron chi connectivity index (χ0n) is 10.6. The van der Waals surface area contributed by atoms with Gasteiger partial charge in [-0.2, -0.15) is 0 Å². The molecule has 0 saturated carbocycles. The van der Waals surface area contributed by atoms with Crippen molar-refractivity contribution in [1.82, 2.24) is 15.6 Å². The average molecular weight is 235 g/mol. The van der Waals surface area contributed by atoms with Crippen LogP contribution in [-0.2, 0) is 6.42 Å². The Labute approximate surface area is 103 Å². The molecule has 2 N–H and O–H groups in total. The lowest BCUT2D eigenvalue weighted by Gasteiger charge is -2.09. The number of hydrogen-bond donors (Lipinski definition) is 2. The minimum atomic E-state index is -0.0788. The maximum absolute atomic E-state index is 11.3. The quantitative estimate of drug-likeness (QED) is 0.741. The number of rotatable bonds is 6. The fourth-order valence-electron chi connectivity index (χ4n) is 1.40. The second kappa shape index (κ2) is 7.65. The molecule has 1 aromatic heterocycles. The van der Waals surface area contributed by atoms with Gasteiger partial charge in [-0.3, -0.25) is 4.98 Å². The molecule has 1 aromatic rings. The number of aromatic nitrogens is 1. The van der Waals surface area contributed by atoms with Crippen LogP contribution in [-0.4, -0.2) is 24.1 Å². The molecule has 0 aliphatic carbocycles. The largest absolute Gasteiger partial charge is 0.338 e. The number of nitrogens with zero attached hydrogens (tertiary/aromatic N) is 1. The molecule has 0 spiro atoms. The zero-order chi connectivity index (χ0) is 12.5. The van der Waals surface area contributed by atoms with Gasteiger partial charge < -0.3 is 10.6 Å². The molecule has 94 valence electrons. The van der Waals surface area contributed by atoms with Crippen molar-refractivity contribution < 1.29 is 4.79 Å². The summed E-state index contributed by atoms with van der Waals surface area (Å²) in [5, 5.41) is 5.66. The van der Waals surface area contributed by atoms with Crippen LogP contribution in [0.4, 0.5) is 4.79 Å². The van der Waals surface area contributed by atoms with Crippen LogP contribution < -0.4 is 10.6 Å². The van der Waals surface area contributed by atoms with Gasteiger partial charge in [0.1, 0.15) is 0 Å². The van der Waals surface area contributed by atoms with E-state index in [2.05, 4.69) is 29.5 Å². The monoisotopic (exact) mass is 235 g/mol. The third kappa shape index (κ3) is 6.56. The molecule has 4 heteroatoms.